The maximum atomic E-state index is 8.99. The Morgan fingerprint density at radius 3 is 3.00 bits per heavy atom. The zero-order chi connectivity index (χ0) is 14.0. The molecule has 1 aliphatic rings. The predicted octanol–water partition coefficient (Wildman–Crippen LogP) is 2.14. The molecule has 1 fully saturated rings. The predicted molar refractivity (Wildman–Crippen MR) is 68.4 cm³/mol. The zero-order valence-electron chi connectivity index (χ0n) is 11.2. The molecule has 7 heteroatoms. The molecule has 0 aliphatic heterocycles. The van der Waals surface area contributed by atoms with Crippen LogP contribution in [0.3, 0.4) is 0 Å². The third kappa shape index (κ3) is 1.98. The quantitative estimate of drug-likeness (QED) is 0.915. The van der Waals surface area contributed by atoms with Gasteiger partial charge in [-0.3, -0.25) is 5.10 Å². The number of H-pyrrole nitrogens is 1. The van der Waals surface area contributed by atoms with Crippen molar-refractivity contribution in [2.45, 2.75) is 38.2 Å². The lowest BCUT2D eigenvalue weighted by Gasteiger charge is -2.24. The first kappa shape index (κ1) is 12.8. The third-order valence-electron chi connectivity index (χ3n) is 3.65. The minimum atomic E-state index is -0.437. The Balaban J connectivity index is 1.96. The van der Waals surface area contributed by atoms with Gasteiger partial charge in [-0.05, 0) is 32.6 Å². The molecule has 2 heterocycles. The van der Waals surface area contributed by atoms with Gasteiger partial charge in [-0.2, -0.15) is 15.3 Å². The van der Waals surface area contributed by atoms with Crippen molar-refractivity contribution in [3.05, 3.63) is 17.7 Å². The zero-order valence-corrected chi connectivity index (χ0v) is 11.2. The maximum absolute atomic E-state index is 8.99. The van der Waals surface area contributed by atoms with E-state index >= 15 is 0 Å². The van der Waals surface area contributed by atoms with Gasteiger partial charge in [-0.25, -0.2) is 0 Å². The second-order valence-electron chi connectivity index (χ2n) is 4.83. The first-order valence-electron chi connectivity index (χ1n) is 6.71. The number of aromatic nitrogens is 4. The molecule has 0 spiro atoms. The van der Waals surface area contributed by atoms with Crippen LogP contribution in [0.5, 0.6) is 0 Å². The van der Waals surface area contributed by atoms with Crippen molar-refractivity contribution in [1.29, 1.82) is 5.26 Å². The molecule has 2 aromatic rings. The molecule has 2 aromatic heterocycles. The highest BCUT2D eigenvalue weighted by molar-refractivity contribution is 5.59. The highest BCUT2D eigenvalue weighted by Gasteiger charge is 2.41. The van der Waals surface area contributed by atoms with E-state index in [1.807, 2.05) is 13.0 Å². The number of ether oxygens (including phenoxy) is 1. The summed E-state index contributed by atoms with van der Waals surface area (Å²) < 4.78 is 11.2. The summed E-state index contributed by atoms with van der Waals surface area (Å²) in [5.74, 6) is 0.869. The fraction of sp³-hybridized carbons (Fsp3) is 0.538. The van der Waals surface area contributed by atoms with Crippen LogP contribution >= 0.6 is 0 Å². The maximum Gasteiger partial charge on any atom is 0.262 e. The van der Waals surface area contributed by atoms with Crippen LogP contribution in [0.2, 0.25) is 0 Å². The fourth-order valence-corrected chi connectivity index (χ4v) is 2.71. The second-order valence-corrected chi connectivity index (χ2v) is 4.83. The van der Waals surface area contributed by atoms with Crippen molar-refractivity contribution in [3.63, 3.8) is 0 Å². The lowest BCUT2D eigenvalue weighted by atomic mass is 10.0. The van der Waals surface area contributed by atoms with Gasteiger partial charge in [0.15, 0.2) is 0 Å². The van der Waals surface area contributed by atoms with E-state index < -0.39 is 5.60 Å². The van der Waals surface area contributed by atoms with Gasteiger partial charge in [0.1, 0.15) is 17.4 Å². The van der Waals surface area contributed by atoms with Crippen LogP contribution in [0.15, 0.2) is 10.7 Å². The number of aromatic amines is 1. The van der Waals surface area contributed by atoms with Gasteiger partial charge in [-0.15, -0.1) is 0 Å². The summed E-state index contributed by atoms with van der Waals surface area (Å²) in [7, 11) is 0. The average Bonchev–Trinajstić information content (AvgIpc) is 3.18. The van der Waals surface area contributed by atoms with E-state index in [4.69, 9.17) is 14.5 Å². The summed E-state index contributed by atoms with van der Waals surface area (Å²) in [6.45, 7) is 2.57. The van der Waals surface area contributed by atoms with E-state index in [1.165, 1.54) is 6.20 Å². The van der Waals surface area contributed by atoms with Gasteiger partial charge in [0.2, 0.25) is 5.82 Å². The number of hydrogen-bond acceptors (Lipinski definition) is 6. The SMILES string of the molecule is CCOC1(c2noc(-c3cn[nH]c3C#N)n2)CCCC1. The molecule has 0 radical (unpaired) electrons. The van der Waals surface area contributed by atoms with Crippen LogP contribution in [0.1, 0.15) is 44.1 Å². The van der Waals surface area contributed by atoms with Crippen molar-refractivity contribution in [2.24, 2.45) is 0 Å². The number of nitrogens with zero attached hydrogens (tertiary/aromatic N) is 4. The van der Waals surface area contributed by atoms with E-state index in [0.29, 0.717) is 29.6 Å². The van der Waals surface area contributed by atoms with Gasteiger partial charge in [0.25, 0.3) is 5.89 Å². The van der Waals surface area contributed by atoms with Gasteiger partial charge >= 0.3 is 0 Å². The molecule has 0 saturated heterocycles. The summed E-state index contributed by atoms with van der Waals surface area (Å²) in [6.07, 6.45) is 5.50. The lowest BCUT2D eigenvalue weighted by molar-refractivity contribution is -0.0469. The van der Waals surface area contributed by atoms with Crippen LogP contribution in [-0.2, 0) is 10.3 Å². The first-order valence-corrected chi connectivity index (χ1v) is 6.71. The second kappa shape index (κ2) is 5.06. The molecule has 0 atom stereocenters. The standard InChI is InChI=1S/C13H15N5O2/c1-2-19-13(5-3-4-6-13)12-16-11(20-18-12)9-8-15-17-10(9)7-14/h8H,2-6H2,1H3,(H,15,17). The number of rotatable bonds is 4. The monoisotopic (exact) mass is 273 g/mol. The van der Waals surface area contributed by atoms with Crippen LogP contribution in [0.4, 0.5) is 0 Å². The Kier molecular flexibility index (Phi) is 3.24. The largest absolute Gasteiger partial charge is 0.367 e. The van der Waals surface area contributed by atoms with Gasteiger partial charge in [-0.1, -0.05) is 5.16 Å². The molecule has 1 N–H and O–H groups in total. The summed E-state index contributed by atoms with van der Waals surface area (Å²) in [5.41, 5.74) is 0.403. The molecule has 0 aromatic carbocycles. The Hall–Kier alpha value is -2.20. The van der Waals surface area contributed by atoms with Crippen molar-refractivity contribution in [3.8, 4) is 17.5 Å². The lowest BCUT2D eigenvalue weighted by Crippen LogP contribution is -2.27. The summed E-state index contributed by atoms with van der Waals surface area (Å²) in [5, 5.41) is 19.5. The molecule has 104 valence electrons. The van der Waals surface area contributed by atoms with E-state index in [1.54, 1.807) is 0 Å². The molecular weight excluding hydrogens is 258 g/mol. The third-order valence-corrected chi connectivity index (χ3v) is 3.65. The Morgan fingerprint density at radius 1 is 1.50 bits per heavy atom. The Labute approximate surface area is 115 Å². The molecule has 20 heavy (non-hydrogen) atoms. The number of nitriles is 1. The molecule has 7 nitrogen and oxygen atoms in total. The van der Waals surface area contributed by atoms with Crippen molar-refractivity contribution >= 4 is 0 Å². The summed E-state index contributed by atoms with van der Waals surface area (Å²) in [6, 6.07) is 2.01. The minimum Gasteiger partial charge on any atom is -0.367 e. The first-order chi connectivity index (χ1) is 9.79. The van der Waals surface area contributed by atoms with Crippen LogP contribution in [0, 0.1) is 11.3 Å². The highest BCUT2D eigenvalue weighted by atomic mass is 16.5. The van der Waals surface area contributed by atoms with Crippen LogP contribution in [-0.4, -0.2) is 26.9 Å². The van der Waals surface area contributed by atoms with Gasteiger partial charge in [0.05, 0.1) is 11.8 Å². The molecule has 0 unspecified atom stereocenters. The molecule has 0 amide bonds. The van der Waals surface area contributed by atoms with E-state index in [-0.39, 0.29) is 0 Å². The molecular formula is C13H15N5O2. The minimum absolute atomic E-state index is 0.302. The summed E-state index contributed by atoms with van der Waals surface area (Å²) in [4.78, 5) is 4.42. The van der Waals surface area contributed by atoms with Crippen molar-refractivity contribution in [2.75, 3.05) is 6.61 Å². The van der Waals surface area contributed by atoms with E-state index in [0.717, 1.165) is 25.7 Å². The molecule has 1 aliphatic carbocycles. The molecule has 3 rings (SSSR count). The molecule has 0 bridgehead atoms. The van der Waals surface area contributed by atoms with E-state index in [2.05, 4.69) is 20.3 Å². The van der Waals surface area contributed by atoms with E-state index in [9.17, 15) is 0 Å². The van der Waals surface area contributed by atoms with Gasteiger partial charge in [0, 0.05) is 6.61 Å². The number of hydrogen-bond donors (Lipinski definition) is 1. The topological polar surface area (TPSA) is 101 Å². The summed E-state index contributed by atoms with van der Waals surface area (Å²) >= 11 is 0. The number of nitrogens with one attached hydrogen (secondary N) is 1. The highest BCUT2D eigenvalue weighted by Crippen LogP contribution is 2.41. The fourth-order valence-electron chi connectivity index (χ4n) is 2.71. The van der Waals surface area contributed by atoms with Gasteiger partial charge < -0.3 is 9.26 Å². The van der Waals surface area contributed by atoms with Crippen LogP contribution < -0.4 is 0 Å². The normalized spacial score (nSPS) is 17.2. The Morgan fingerprint density at radius 2 is 2.30 bits per heavy atom. The smallest absolute Gasteiger partial charge is 0.262 e. The van der Waals surface area contributed by atoms with Crippen molar-refractivity contribution < 1.29 is 9.26 Å². The van der Waals surface area contributed by atoms with Crippen molar-refractivity contribution in [1.82, 2.24) is 20.3 Å². The van der Waals surface area contributed by atoms with Crippen LogP contribution in [0.25, 0.3) is 11.5 Å². The average molecular weight is 273 g/mol. The molecule has 1 saturated carbocycles. The Bertz CT molecular complexity index is 633.